The normalized spacial score (nSPS) is 21.2. The molecular formula is C29H37N5OS2. The first kappa shape index (κ1) is 25.0. The molecule has 2 unspecified atom stereocenters. The summed E-state index contributed by atoms with van der Waals surface area (Å²) in [5.41, 5.74) is 3.58. The number of rotatable bonds is 9. The van der Waals surface area contributed by atoms with Crippen LogP contribution in [-0.4, -0.2) is 52.4 Å². The number of hydrogen-bond donors (Lipinski definition) is 2. The SMILES string of the molecule is C=C(Nc1nc2ccc(OC)nc2s1)C(CC1CCCC1)c1ccc(S(=C)N2CCNC3(CC3)C2)cc1. The van der Waals surface area contributed by atoms with E-state index in [1.165, 1.54) is 49.0 Å². The lowest BCUT2D eigenvalue weighted by Crippen LogP contribution is -2.50. The minimum Gasteiger partial charge on any atom is -0.481 e. The van der Waals surface area contributed by atoms with E-state index in [1.54, 1.807) is 18.4 Å². The predicted octanol–water partition coefficient (Wildman–Crippen LogP) is 6.40. The Bertz CT molecular complexity index is 1290. The molecule has 0 amide bonds. The maximum atomic E-state index is 5.28. The van der Waals surface area contributed by atoms with Crippen LogP contribution < -0.4 is 15.4 Å². The summed E-state index contributed by atoms with van der Waals surface area (Å²) in [6.07, 6.45) is 9.06. The van der Waals surface area contributed by atoms with Crippen LogP contribution >= 0.6 is 22.0 Å². The van der Waals surface area contributed by atoms with Gasteiger partial charge in [0.15, 0.2) is 5.13 Å². The molecule has 2 atom stereocenters. The summed E-state index contributed by atoms with van der Waals surface area (Å²) in [6, 6.07) is 13.0. The average Bonchev–Trinajstić information content (AvgIpc) is 3.30. The van der Waals surface area contributed by atoms with Crippen LogP contribution in [0.25, 0.3) is 10.3 Å². The van der Waals surface area contributed by atoms with Crippen molar-refractivity contribution in [3.63, 3.8) is 0 Å². The molecule has 1 aromatic carbocycles. The highest BCUT2D eigenvalue weighted by Gasteiger charge is 2.45. The zero-order valence-corrected chi connectivity index (χ0v) is 23.3. The van der Waals surface area contributed by atoms with Crippen molar-refractivity contribution in [2.24, 2.45) is 5.92 Å². The van der Waals surface area contributed by atoms with Crippen LogP contribution in [0.3, 0.4) is 0 Å². The Morgan fingerprint density at radius 2 is 2.00 bits per heavy atom. The molecule has 3 aromatic rings. The number of allylic oxidation sites excluding steroid dienone is 1. The van der Waals surface area contributed by atoms with E-state index in [-0.39, 0.29) is 16.6 Å². The van der Waals surface area contributed by atoms with Crippen molar-refractivity contribution in [3.05, 3.63) is 54.2 Å². The lowest BCUT2D eigenvalue weighted by Gasteiger charge is -2.35. The van der Waals surface area contributed by atoms with Crippen molar-refractivity contribution in [2.75, 3.05) is 32.1 Å². The topological polar surface area (TPSA) is 62.3 Å². The number of anilines is 1. The van der Waals surface area contributed by atoms with Crippen LogP contribution in [0.4, 0.5) is 5.13 Å². The van der Waals surface area contributed by atoms with Gasteiger partial charge in [-0.3, -0.25) is 0 Å². The Kier molecular flexibility index (Phi) is 7.09. The molecule has 2 aliphatic carbocycles. The highest BCUT2D eigenvalue weighted by Crippen LogP contribution is 2.43. The number of fused-ring (bicyclic) bond motifs is 1. The summed E-state index contributed by atoms with van der Waals surface area (Å²) < 4.78 is 7.86. The van der Waals surface area contributed by atoms with Gasteiger partial charge in [-0.2, -0.15) is 0 Å². The molecule has 6 rings (SSSR count). The van der Waals surface area contributed by atoms with Crippen molar-refractivity contribution < 1.29 is 4.74 Å². The monoisotopic (exact) mass is 535 g/mol. The molecule has 2 aromatic heterocycles. The second-order valence-corrected chi connectivity index (χ2v) is 13.5. The van der Waals surface area contributed by atoms with Gasteiger partial charge in [0.25, 0.3) is 0 Å². The van der Waals surface area contributed by atoms with Crippen LogP contribution in [0.1, 0.15) is 56.4 Å². The quantitative estimate of drug-likeness (QED) is 0.309. The summed E-state index contributed by atoms with van der Waals surface area (Å²) in [5.74, 6) is 6.19. The highest BCUT2D eigenvalue weighted by atomic mass is 32.2. The largest absolute Gasteiger partial charge is 0.481 e. The van der Waals surface area contributed by atoms with Gasteiger partial charge in [-0.25, -0.2) is 14.3 Å². The number of benzene rings is 1. The molecule has 37 heavy (non-hydrogen) atoms. The van der Waals surface area contributed by atoms with E-state index in [1.807, 2.05) is 12.1 Å². The van der Waals surface area contributed by atoms with Gasteiger partial charge in [0.2, 0.25) is 5.88 Å². The van der Waals surface area contributed by atoms with Gasteiger partial charge >= 0.3 is 0 Å². The third-order valence-corrected chi connectivity index (χ3v) is 10.9. The number of ether oxygens (including phenoxy) is 1. The predicted molar refractivity (Wildman–Crippen MR) is 157 cm³/mol. The molecule has 1 saturated heterocycles. The summed E-state index contributed by atoms with van der Waals surface area (Å²) in [5, 5.41) is 8.10. The van der Waals surface area contributed by atoms with E-state index in [0.29, 0.717) is 11.4 Å². The fourth-order valence-electron chi connectivity index (χ4n) is 5.85. The van der Waals surface area contributed by atoms with Gasteiger partial charge in [0.1, 0.15) is 10.3 Å². The second-order valence-electron chi connectivity index (χ2n) is 10.8. The van der Waals surface area contributed by atoms with E-state index in [2.05, 4.69) is 56.6 Å². The highest BCUT2D eigenvalue weighted by molar-refractivity contribution is 8.12. The first-order chi connectivity index (χ1) is 18.0. The molecule has 196 valence electrons. The molecule has 3 aliphatic rings. The maximum Gasteiger partial charge on any atom is 0.214 e. The van der Waals surface area contributed by atoms with E-state index in [9.17, 15) is 0 Å². The number of nitrogens with zero attached hydrogens (tertiary/aromatic N) is 3. The van der Waals surface area contributed by atoms with Gasteiger partial charge in [0, 0.05) is 47.7 Å². The van der Waals surface area contributed by atoms with Gasteiger partial charge in [-0.1, -0.05) is 72.3 Å². The smallest absolute Gasteiger partial charge is 0.214 e. The van der Waals surface area contributed by atoms with Gasteiger partial charge < -0.3 is 15.4 Å². The Labute approximate surface area is 226 Å². The molecule has 2 saturated carbocycles. The number of pyridine rings is 1. The van der Waals surface area contributed by atoms with Gasteiger partial charge in [-0.05, 0) is 48.9 Å². The fourth-order valence-corrected chi connectivity index (χ4v) is 8.18. The number of thiazole rings is 1. The third-order valence-electron chi connectivity index (χ3n) is 8.23. The molecule has 6 nitrogen and oxygen atoms in total. The lowest BCUT2D eigenvalue weighted by molar-refractivity contribution is 0.305. The van der Waals surface area contributed by atoms with E-state index >= 15 is 0 Å². The maximum absolute atomic E-state index is 5.28. The first-order valence-corrected chi connectivity index (χ1v) is 15.6. The Hall–Kier alpha value is -2.26. The minimum absolute atomic E-state index is 0.126. The number of aromatic nitrogens is 2. The number of piperazine rings is 1. The fraction of sp³-hybridized carbons (Fsp3) is 0.483. The zero-order chi connectivity index (χ0) is 25.4. The van der Waals surface area contributed by atoms with Crippen molar-refractivity contribution >= 4 is 43.4 Å². The standard InChI is InChI=1S/C29H37N5OS2/c1-20(31-28-32-25-12-13-26(35-2)33-27(25)36-28)24(18-21-6-4-5-7-21)22-8-10-23(11-9-22)37(3)34-17-16-30-29(19-34)14-15-29/h8-13,21,24,30H,1,3-7,14-19H2,2H3,(H,31,32). The zero-order valence-electron chi connectivity index (χ0n) is 21.7. The van der Waals surface area contributed by atoms with E-state index < -0.39 is 0 Å². The molecule has 3 heterocycles. The first-order valence-electron chi connectivity index (χ1n) is 13.4. The van der Waals surface area contributed by atoms with Crippen molar-refractivity contribution in [1.29, 1.82) is 0 Å². The van der Waals surface area contributed by atoms with Crippen molar-refractivity contribution in [1.82, 2.24) is 19.6 Å². The number of nitrogens with one attached hydrogen (secondary N) is 2. The lowest BCUT2D eigenvalue weighted by atomic mass is 9.86. The summed E-state index contributed by atoms with van der Waals surface area (Å²) in [7, 11) is 1.51. The van der Waals surface area contributed by atoms with Crippen LogP contribution in [0.5, 0.6) is 5.88 Å². The molecular weight excluding hydrogens is 498 g/mol. The molecule has 0 bridgehead atoms. The van der Waals surface area contributed by atoms with Crippen molar-refractivity contribution in [2.45, 2.75) is 61.3 Å². The molecule has 3 fully saturated rings. The van der Waals surface area contributed by atoms with Crippen LogP contribution in [0.2, 0.25) is 0 Å². The van der Waals surface area contributed by atoms with Crippen LogP contribution in [0.15, 0.2) is 53.6 Å². The van der Waals surface area contributed by atoms with E-state index in [4.69, 9.17) is 9.72 Å². The molecule has 1 aliphatic heterocycles. The minimum atomic E-state index is -0.126. The molecule has 0 radical (unpaired) electrons. The summed E-state index contributed by atoms with van der Waals surface area (Å²) in [6.45, 7) is 7.77. The number of methoxy groups -OCH3 is 1. The van der Waals surface area contributed by atoms with Gasteiger partial charge in [-0.15, -0.1) is 0 Å². The Morgan fingerprint density at radius 3 is 2.73 bits per heavy atom. The van der Waals surface area contributed by atoms with Crippen LogP contribution in [-0.2, 0) is 0 Å². The number of hydrogen-bond acceptors (Lipinski definition) is 7. The molecule has 8 heteroatoms. The van der Waals surface area contributed by atoms with Crippen LogP contribution in [0, 0.1) is 5.92 Å². The average molecular weight is 536 g/mol. The summed E-state index contributed by atoms with van der Waals surface area (Å²) in [4.78, 5) is 11.5. The van der Waals surface area contributed by atoms with Gasteiger partial charge in [0.05, 0.1) is 7.11 Å². The Balaban J connectivity index is 1.20. The third kappa shape index (κ3) is 5.48. The van der Waals surface area contributed by atoms with Crippen molar-refractivity contribution in [3.8, 4) is 5.88 Å². The Morgan fingerprint density at radius 1 is 1.22 bits per heavy atom. The molecule has 2 N–H and O–H groups in total. The summed E-state index contributed by atoms with van der Waals surface area (Å²) >= 11 is 1.55. The van der Waals surface area contributed by atoms with E-state index in [0.717, 1.165) is 53.1 Å². The molecule has 1 spiro atoms. The second kappa shape index (κ2) is 10.5.